The lowest BCUT2D eigenvalue weighted by Gasteiger charge is -1.73. The van der Waals surface area contributed by atoms with Crippen LogP contribution in [0.1, 0.15) is 0 Å². The maximum Gasteiger partial charge on any atom is 0.463 e. The van der Waals surface area contributed by atoms with E-state index in [9.17, 15) is 0 Å². The summed E-state index contributed by atoms with van der Waals surface area (Å²) in [7, 11) is 2.82. The largest absolute Gasteiger partial charge is 0.463 e. The van der Waals surface area contributed by atoms with Crippen LogP contribution in [-0.2, 0) is 22.7 Å². The number of hydrogen-bond acceptors (Lipinski definition) is 4. The molecule has 0 spiro atoms. The second-order valence-corrected chi connectivity index (χ2v) is 1.99. The van der Waals surface area contributed by atoms with Crippen LogP contribution in [0, 0.1) is 0 Å². The van der Waals surface area contributed by atoms with Gasteiger partial charge in [0.05, 0.1) is 0 Å². The van der Waals surface area contributed by atoms with Crippen LogP contribution in [0.4, 0.5) is 0 Å². The molecule has 38 valence electrons. The first-order valence-electron chi connectivity index (χ1n) is 1.76. The predicted molar refractivity (Wildman–Crippen MR) is 35.9 cm³/mol. The zero-order chi connectivity index (χ0) is 5.66. The van der Waals surface area contributed by atoms with E-state index in [2.05, 4.69) is 17.1 Å². The summed E-state index contributed by atoms with van der Waals surface area (Å²) in [4.78, 5) is 0. The summed E-state index contributed by atoms with van der Waals surface area (Å²) in [6, 6.07) is 0. The number of rotatable bonds is 0. The molecule has 1 heterocycles. The zero-order valence-corrected chi connectivity index (χ0v) is 5.39. The minimum atomic E-state index is 1.07. The van der Waals surface area contributed by atoms with Gasteiger partial charge in [-0.05, 0) is 0 Å². The summed E-state index contributed by atoms with van der Waals surface area (Å²) in [5.74, 6) is 0. The van der Waals surface area contributed by atoms with Gasteiger partial charge in [0.2, 0.25) is 0 Å². The van der Waals surface area contributed by atoms with Crippen molar-refractivity contribution >= 4 is 37.8 Å². The molecule has 0 bridgehead atoms. The van der Waals surface area contributed by atoms with E-state index in [1.54, 1.807) is 0 Å². The maximum absolute atomic E-state index is 3.68. The zero-order valence-electron chi connectivity index (χ0n) is 3.76. The minimum Gasteiger partial charge on any atom is -0.247 e. The quantitative estimate of drug-likeness (QED) is 0.426. The Bertz CT molecular complexity index is 150. The first kappa shape index (κ1) is 5.90. The van der Waals surface area contributed by atoms with Gasteiger partial charge < -0.3 is 0 Å². The van der Waals surface area contributed by atoms with Crippen LogP contribution in [0.25, 0.3) is 0 Å². The molecular weight excluding hydrogens is 142 g/mol. The fourth-order valence-corrected chi connectivity index (χ4v) is 0.763. The predicted octanol–water partition coefficient (Wildman–Crippen LogP) is -0.0320. The Hall–Kier alpha value is -0.230. The van der Waals surface area contributed by atoms with E-state index in [4.69, 9.17) is 0 Å². The van der Waals surface area contributed by atoms with Gasteiger partial charge >= 0.3 is 15.1 Å². The van der Waals surface area contributed by atoms with Gasteiger partial charge in [0.25, 0.3) is 0 Å². The molecule has 0 aliphatic carbocycles. The van der Waals surface area contributed by atoms with Crippen LogP contribution in [-0.4, -0.2) is 15.1 Å². The van der Waals surface area contributed by atoms with Gasteiger partial charge in [-0.1, -0.05) is 0 Å². The average molecular weight is 142 g/mol. The molecule has 0 saturated carbocycles. The van der Waals surface area contributed by atoms with Crippen LogP contribution in [0.5, 0.6) is 0 Å². The average Bonchev–Trinajstić information content (AvgIpc) is 1.62. The maximum atomic E-state index is 3.68. The molecule has 0 aromatic carbocycles. The molecule has 0 amide bonds. The fraction of sp³-hybridized carbons (Fsp3) is 0. The molecule has 1 rings (SSSR count). The standard InChI is InChI=1S/B2N4S2/c1-3-7-5-2-6-8-4-1. The van der Waals surface area contributed by atoms with Gasteiger partial charge in [0.15, 0.2) is 0 Å². The van der Waals surface area contributed by atoms with Crippen LogP contribution in [0.15, 0.2) is 17.1 Å². The molecule has 8 heteroatoms. The SMILES string of the molecule is [B]1N=S=N[B]N=S=N1. The molecule has 8 heavy (non-hydrogen) atoms. The van der Waals surface area contributed by atoms with Crippen molar-refractivity contribution in [2.75, 3.05) is 0 Å². The summed E-state index contributed by atoms with van der Waals surface area (Å²) >= 11 is 2.13. The molecule has 0 aromatic rings. The Labute approximate surface area is 55.4 Å². The van der Waals surface area contributed by atoms with Crippen molar-refractivity contribution in [2.45, 2.75) is 0 Å². The van der Waals surface area contributed by atoms with Crippen molar-refractivity contribution in [2.24, 2.45) is 17.1 Å². The van der Waals surface area contributed by atoms with E-state index in [-0.39, 0.29) is 0 Å². The smallest absolute Gasteiger partial charge is 0.247 e. The number of nitrogens with zero attached hydrogens (tertiary/aromatic N) is 4. The van der Waals surface area contributed by atoms with Gasteiger partial charge in [-0.25, -0.2) is 17.1 Å². The third-order valence-electron chi connectivity index (χ3n) is 0.377. The summed E-state index contributed by atoms with van der Waals surface area (Å²) in [5.41, 5.74) is 0. The Morgan fingerprint density at radius 3 is 1.50 bits per heavy atom. The molecule has 0 fully saturated rings. The van der Waals surface area contributed by atoms with Crippen molar-refractivity contribution < 1.29 is 0 Å². The second-order valence-electron chi connectivity index (χ2n) is 0.816. The fourth-order valence-electron chi connectivity index (χ4n) is 0.177. The summed E-state index contributed by atoms with van der Waals surface area (Å²) in [6.45, 7) is 0. The first-order valence-corrected chi connectivity index (χ1v) is 3.22. The highest BCUT2D eigenvalue weighted by Crippen LogP contribution is 1.72. The van der Waals surface area contributed by atoms with Crippen molar-refractivity contribution in [3.8, 4) is 0 Å². The summed E-state index contributed by atoms with van der Waals surface area (Å²) in [6.07, 6.45) is 0. The summed E-state index contributed by atoms with van der Waals surface area (Å²) < 4.78 is 14.7. The molecule has 0 aromatic heterocycles. The van der Waals surface area contributed by atoms with E-state index in [1.807, 2.05) is 0 Å². The Kier molecular flexibility index (Phi) is 2.75. The normalized spacial score (nSPS) is 16.0. The van der Waals surface area contributed by atoms with Gasteiger partial charge in [0.1, 0.15) is 0 Å². The molecule has 4 nitrogen and oxygen atoms in total. The van der Waals surface area contributed by atoms with Crippen molar-refractivity contribution in [1.82, 2.24) is 0 Å². The third-order valence-corrected chi connectivity index (χ3v) is 1.13. The highest BCUT2D eigenvalue weighted by molar-refractivity contribution is 7.61. The van der Waals surface area contributed by atoms with Crippen LogP contribution in [0.3, 0.4) is 0 Å². The summed E-state index contributed by atoms with van der Waals surface area (Å²) in [5, 5.41) is 0. The van der Waals surface area contributed by atoms with Gasteiger partial charge in [-0.15, -0.1) is 0 Å². The van der Waals surface area contributed by atoms with E-state index >= 15 is 0 Å². The van der Waals surface area contributed by atoms with Crippen molar-refractivity contribution in [1.29, 1.82) is 0 Å². The molecule has 0 atom stereocenters. The molecular formula is B2N4S2. The Balaban J connectivity index is 2.67. The molecule has 1 aliphatic heterocycles. The Morgan fingerprint density at radius 2 is 1.12 bits per heavy atom. The van der Waals surface area contributed by atoms with E-state index in [0.29, 0.717) is 0 Å². The molecule has 0 unspecified atom stereocenters. The Morgan fingerprint density at radius 1 is 0.750 bits per heavy atom. The first-order chi connectivity index (χ1) is 4.00. The van der Waals surface area contributed by atoms with E-state index in [1.165, 1.54) is 15.1 Å². The molecule has 0 saturated heterocycles. The molecule has 2 radical (unpaired) electrons. The highest BCUT2D eigenvalue weighted by Gasteiger charge is 1.81. The van der Waals surface area contributed by atoms with Gasteiger partial charge in [-0.3, -0.25) is 0 Å². The third kappa shape index (κ3) is 2.17. The molecule has 0 N–H and O–H groups in total. The van der Waals surface area contributed by atoms with Crippen molar-refractivity contribution in [3.05, 3.63) is 0 Å². The van der Waals surface area contributed by atoms with Crippen LogP contribution < -0.4 is 0 Å². The highest BCUT2D eigenvalue weighted by atomic mass is 32.1. The topological polar surface area (TPSA) is 49.4 Å². The lowest BCUT2D eigenvalue weighted by molar-refractivity contribution is 1.75. The van der Waals surface area contributed by atoms with Gasteiger partial charge in [-0.2, -0.15) is 0 Å². The van der Waals surface area contributed by atoms with Gasteiger partial charge in [0, 0.05) is 22.7 Å². The number of hydrogen-bond donors (Lipinski definition) is 0. The molecule has 1 aliphatic rings. The minimum absolute atomic E-state index is 1.07. The lowest BCUT2D eigenvalue weighted by atomic mass is 10.3. The van der Waals surface area contributed by atoms with Crippen LogP contribution >= 0.6 is 0 Å². The lowest BCUT2D eigenvalue weighted by Crippen LogP contribution is -1.79. The monoisotopic (exact) mass is 142 g/mol. The second kappa shape index (κ2) is 3.73. The van der Waals surface area contributed by atoms with E-state index < -0.39 is 0 Å². The van der Waals surface area contributed by atoms with E-state index in [0.717, 1.165) is 22.7 Å². The van der Waals surface area contributed by atoms with Crippen LogP contribution in [0.2, 0.25) is 0 Å². The van der Waals surface area contributed by atoms with Crippen molar-refractivity contribution in [3.63, 3.8) is 0 Å².